The molecule has 2 amide bonds. The number of hydrogen-bond donors (Lipinski definition) is 2. The SMILES string of the molecule is C#CCSCCNC(=O)N1CCC(OCC(=O)O)CC1. The summed E-state index contributed by atoms with van der Waals surface area (Å²) >= 11 is 1.61. The Balaban J connectivity index is 2.12. The summed E-state index contributed by atoms with van der Waals surface area (Å²) in [5, 5.41) is 11.4. The van der Waals surface area contributed by atoms with Gasteiger partial charge >= 0.3 is 12.0 Å². The summed E-state index contributed by atoms with van der Waals surface area (Å²) in [5.74, 6) is 3.02. The van der Waals surface area contributed by atoms with Gasteiger partial charge in [0.15, 0.2) is 0 Å². The highest BCUT2D eigenvalue weighted by Gasteiger charge is 2.23. The van der Waals surface area contributed by atoms with Gasteiger partial charge in [0, 0.05) is 25.4 Å². The molecule has 1 heterocycles. The molecule has 0 radical (unpaired) electrons. The summed E-state index contributed by atoms with van der Waals surface area (Å²) in [6.07, 6.45) is 6.41. The number of likely N-dealkylation sites (tertiary alicyclic amines) is 1. The highest BCUT2D eigenvalue weighted by molar-refractivity contribution is 7.99. The Bertz CT molecular complexity index is 362. The lowest BCUT2D eigenvalue weighted by molar-refractivity contribution is -0.145. The number of carboxylic acid groups (broad SMARTS) is 1. The molecule has 7 heteroatoms. The molecular weight excluding hydrogens is 280 g/mol. The molecule has 0 atom stereocenters. The lowest BCUT2D eigenvalue weighted by Gasteiger charge is -2.31. The molecule has 0 aromatic carbocycles. The molecule has 0 aromatic rings. The quantitative estimate of drug-likeness (QED) is 0.532. The Morgan fingerprint density at radius 3 is 2.75 bits per heavy atom. The van der Waals surface area contributed by atoms with Crippen LogP contribution >= 0.6 is 11.8 Å². The van der Waals surface area contributed by atoms with Gasteiger partial charge in [-0.05, 0) is 12.8 Å². The van der Waals surface area contributed by atoms with E-state index in [0.717, 1.165) is 5.75 Å². The first-order chi connectivity index (χ1) is 9.63. The Kier molecular flexibility index (Phi) is 7.92. The minimum Gasteiger partial charge on any atom is -0.480 e. The van der Waals surface area contributed by atoms with Gasteiger partial charge in [-0.15, -0.1) is 18.2 Å². The minimum absolute atomic E-state index is 0.0682. The number of urea groups is 1. The Morgan fingerprint density at radius 1 is 1.45 bits per heavy atom. The zero-order valence-electron chi connectivity index (χ0n) is 11.3. The molecule has 0 bridgehead atoms. The number of carbonyl (C=O) groups is 2. The van der Waals surface area contributed by atoms with E-state index in [1.807, 2.05) is 0 Å². The second-order valence-corrected chi connectivity index (χ2v) is 5.48. The highest BCUT2D eigenvalue weighted by atomic mass is 32.2. The van der Waals surface area contributed by atoms with Crippen LogP contribution in [0.15, 0.2) is 0 Å². The van der Waals surface area contributed by atoms with E-state index in [4.69, 9.17) is 16.3 Å². The number of carboxylic acids is 1. The first-order valence-corrected chi connectivity index (χ1v) is 7.66. The first-order valence-electron chi connectivity index (χ1n) is 6.51. The van der Waals surface area contributed by atoms with Crippen molar-refractivity contribution in [1.29, 1.82) is 0 Å². The largest absolute Gasteiger partial charge is 0.480 e. The fourth-order valence-electron chi connectivity index (χ4n) is 1.89. The van der Waals surface area contributed by atoms with Crippen LogP contribution in [-0.4, -0.2) is 65.9 Å². The smallest absolute Gasteiger partial charge is 0.329 e. The maximum absolute atomic E-state index is 11.8. The zero-order valence-corrected chi connectivity index (χ0v) is 12.2. The Morgan fingerprint density at radius 2 is 2.15 bits per heavy atom. The molecule has 0 unspecified atom stereocenters. The topological polar surface area (TPSA) is 78.9 Å². The lowest BCUT2D eigenvalue weighted by atomic mass is 10.1. The van der Waals surface area contributed by atoms with Crippen molar-refractivity contribution >= 4 is 23.8 Å². The number of ether oxygens (including phenoxy) is 1. The molecule has 20 heavy (non-hydrogen) atoms. The van der Waals surface area contributed by atoms with E-state index in [9.17, 15) is 9.59 Å². The average Bonchev–Trinajstić information content (AvgIpc) is 2.45. The monoisotopic (exact) mass is 300 g/mol. The molecule has 2 N–H and O–H groups in total. The Hall–Kier alpha value is -1.39. The second kappa shape index (κ2) is 9.50. The minimum atomic E-state index is -0.963. The van der Waals surface area contributed by atoms with E-state index >= 15 is 0 Å². The van der Waals surface area contributed by atoms with E-state index in [2.05, 4.69) is 11.2 Å². The zero-order chi connectivity index (χ0) is 14.8. The van der Waals surface area contributed by atoms with Crippen LogP contribution in [0.5, 0.6) is 0 Å². The van der Waals surface area contributed by atoms with Crippen molar-refractivity contribution in [3.05, 3.63) is 0 Å². The van der Waals surface area contributed by atoms with E-state index in [0.29, 0.717) is 38.2 Å². The number of hydrogen-bond acceptors (Lipinski definition) is 4. The number of nitrogens with one attached hydrogen (secondary N) is 1. The summed E-state index contributed by atoms with van der Waals surface area (Å²) in [6, 6.07) is -0.0806. The van der Waals surface area contributed by atoms with Gasteiger partial charge in [0.25, 0.3) is 0 Å². The molecule has 1 aliphatic heterocycles. The number of nitrogens with zero attached hydrogens (tertiary/aromatic N) is 1. The van der Waals surface area contributed by atoms with Crippen molar-refractivity contribution in [2.45, 2.75) is 18.9 Å². The van der Waals surface area contributed by atoms with Crippen molar-refractivity contribution in [1.82, 2.24) is 10.2 Å². The van der Waals surface area contributed by atoms with Crippen LogP contribution in [0.3, 0.4) is 0 Å². The molecule has 1 rings (SSSR count). The number of amides is 2. The number of piperidine rings is 1. The van der Waals surface area contributed by atoms with Crippen LogP contribution in [-0.2, 0) is 9.53 Å². The number of rotatable bonds is 7. The number of aliphatic carboxylic acids is 1. The normalized spacial score (nSPS) is 15.7. The number of terminal acetylenes is 1. The van der Waals surface area contributed by atoms with Gasteiger partial charge in [-0.25, -0.2) is 9.59 Å². The van der Waals surface area contributed by atoms with Crippen molar-refractivity contribution in [2.75, 3.05) is 37.7 Å². The van der Waals surface area contributed by atoms with Crippen molar-refractivity contribution in [2.24, 2.45) is 0 Å². The third-order valence-electron chi connectivity index (χ3n) is 2.88. The predicted octanol–water partition coefficient (Wildman–Crippen LogP) is 0.628. The van der Waals surface area contributed by atoms with E-state index in [1.54, 1.807) is 16.7 Å². The van der Waals surface area contributed by atoms with Gasteiger partial charge < -0.3 is 20.1 Å². The van der Waals surface area contributed by atoms with Gasteiger partial charge in [-0.3, -0.25) is 0 Å². The molecule has 112 valence electrons. The summed E-state index contributed by atoms with van der Waals surface area (Å²) in [6.45, 7) is 1.51. The van der Waals surface area contributed by atoms with Crippen LogP contribution in [0.4, 0.5) is 4.79 Å². The molecule has 0 aliphatic carbocycles. The van der Waals surface area contributed by atoms with Crippen LogP contribution in [0, 0.1) is 12.3 Å². The van der Waals surface area contributed by atoms with Gasteiger partial charge in [0.05, 0.1) is 11.9 Å². The Labute approximate surface area is 123 Å². The number of carbonyl (C=O) groups excluding carboxylic acids is 1. The molecule has 0 saturated carbocycles. The van der Waals surface area contributed by atoms with Crippen LogP contribution in [0.25, 0.3) is 0 Å². The first kappa shape index (κ1) is 16.7. The van der Waals surface area contributed by atoms with Gasteiger partial charge in [-0.2, -0.15) is 0 Å². The van der Waals surface area contributed by atoms with E-state index in [-0.39, 0.29) is 18.7 Å². The molecule has 1 aliphatic rings. The fourth-order valence-corrected chi connectivity index (χ4v) is 2.40. The fraction of sp³-hybridized carbons (Fsp3) is 0.692. The molecule has 1 saturated heterocycles. The van der Waals surface area contributed by atoms with Crippen LogP contribution < -0.4 is 5.32 Å². The maximum Gasteiger partial charge on any atom is 0.329 e. The number of thioether (sulfide) groups is 1. The van der Waals surface area contributed by atoms with E-state index < -0.39 is 5.97 Å². The van der Waals surface area contributed by atoms with Gasteiger partial charge in [0.2, 0.25) is 0 Å². The summed E-state index contributed by atoms with van der Waals surface area (Å²) < 4.78 is 5.22. The van der Waals surface area contributed by atoms with Crippen LogP contribution in [0.1, 0.15) is 12.8 Å². The molecule has 6 nitrogen and oxygen atoms in total. The molecule has 1 fully saturated rings. The maximum atomic E-state index is 11.8. The molecule has 0 spiro atoms. The van der Waals surface area contributed by atoms with Gasteiger partial charge in [0.1, 0.15) is 6.61 Å². The summed E-state index contributed by atoms with van der Waals surface area (Å²) in [4.78, 5) is 24.0. The second-order valence-electron chi connectivity index (χ2n) is 4.38. The highest BCUT2D eigenvalue weighted by Crippen LogP contribution is 2.13. The van der Waals surface area contributed by atoms with E-state index in [1.165, 1.54) is 0 Å². The summed E-state index contributed by atoms with van der Waals surface area (Å²) in [5.41, 5.74) is 0. The van der Waals surface area contributed by atoms with Crippen molar-refractivity contribution < 1.29 is 19.4 Å². The van der Waals surface area contributed by atoms with Gasteiger partial charge in [-0.1, -0.05) is 5.92 Å². The lowest BCUT2D eigenvalue weighted by Crippen LogP contribution is -2.46. The predicted molar refractivity (Wildman–Crippen MR) is 77.7 cm³/mol. The van der Waals surface area contributed by atoms with Crippen molar-refractivity contribution in [3.63, 3.8) is 0 Å². The third kappa shape index (κ3) is 6.68. The van der Waals surface area contributed by atoms with Crippen molar-refractivity contribution in [3.8, 4) is 12.3 Å². The van der Waals surface area contributed by atoms with Crippen LogP contribution in [0.2, 0.25) is 0 Å². The third-order valence-corrected chi connectivity index (χ3v) is 3.74. The average molecular weight is 300 g/mol. The standard InChI is InChI=1S/C13H20N2O4S/c1-2-8-20-9-5-14-13(18)15-6-3-11(4-7-15)19-10-12(16)17/h1,11H,3-10H2,(H,14,18)(H,16,17). The molecular formula is C13H20N2O4S. The summed E-state index contributed by atoms with van der Waals surface area (Å²) in [7, 11) is 0. The molecule has 0 aromatic heterocycles.